The van der Waals surface area contributed by atoms with Crippen LogP contribution in [0, 0.1) is 5.92 Å². The van der Waals surface area contributed by atoms with Crippen molar-refractivity contribution in [3.05, 3.63) is 58.9 Å². The molecule has 5 rings (SSSR count). The average molecular weight is 322 g/mol. The molecule has 0 bridgehead atoms. The van der Waals surface area contributed by atoms with Crippen LogP contribution < -0.4 is 0 Å². The normalized spacial score (nSPS) is 23.1. The van der Waals surface area contributed by atoms with Crippen LogP contribution in [0.5, 0.6) is 0 Å². The Morgan fingerprint density at radius 2 is 2.04 bits per heavy atom. The molecule has 2 aliphatic rings. The molecule has 2 atom stereocenters. The van der Waals surface area contributed by atoms with Gasteiger partial charge in [-0.05, 0) is 23.6 Å². The van der Waals surface area contributed by atoms with Gasteiger partial charge in [-0.25, -0.2) is 4.98 Å². The zero-order chi connectivity index (χ0) is 15.2. The minimum atomic E-state index is 0.588. The van der Waals surface area contributed by atoms with Gasteiger partial charge in [0.1, 0.15) is 5.82 Å². The maximum absolute atomic E-state index is 4.77. The highest BCUT2D eigenvalue weighted by Gasteiger charge is 2.42. The summed E-state index contributed by atoms with van der Waals surface area (Å²) in [5, 5.41) is 2.17. The standard InChI is InChI=1S/C18H18N4S/c1-2-15(23-7-1)11-21-9-14-10-22-17(13-3-5-19-6-4-13)8-20-18(22)16(14)12-21/h1-8,14,16H,9-12H2/t14-,16+/m1/s1. The van der Waals surface area contributed by atoms with E-state index in [4.69, 9.17) is 4.98 Å². The van der Waals surface area contributed by atoms with Gasteiger partial charge in [0.25, 0.3) is 0 Å². The van der Waals surface area contributed by atoms with E-state index in [9.17, 15) is 0 Å². The molecule has 0 amide bonds. The Bertz CT molecular complexity index is 809. The molecular formula is C18H18N4S. The van der Waals surface area contributed by atoms with Crippen LogP contribution in [0.1, 0.15) is 16.6 Å². The van der Waals surface area contributed by atoms with Gasteiger partial charge < -0.3 is 4.57 Å². The van der Waals surface area contributed by atoms with E-state index in [1.807, 2.05) is 29.9 Å². The minimum absolute atomic E-state index is 0.588. The second-order valence-corrected chi connectivity index (χ2v) is 7.52. The third-order valence-electron chi connectivity index (χ3n) is 5.09. The molecule has 0 unspecified atom stereocenters. The van der Waals surface area contributed by atoms with Crippen molar-refractivity contribution < 1.29 is 0 Å². The van der Waals surface area contributed by atoms with Gasteiger partial charge >= 0.3 is 0 Å². The van der Waals surface area contributed by atoms with Crippen LogP contribution in [0.3, 0.4) is 0 Å². The zero-order valence-electron chi connectivity index (χ0n) is 12.8. The number of aromatic nitrogens is 3. The number of nitrogens with zero attached hydrogens (tertiary/aromatic N) is 4. The molecule has 0 saturated carbocycles. The van der Waals surface area contributed by atoms with E-state index in [2.05, 4.69) is 44.1 Å². The number of rotatable bonds is 3. The Kier molecular flexibility index (Phi) is 3.09. The smallest absolute Gasteiger partial charge is 0.113 e. The summed E-state index contributed by atoms with van der Waals surface area (Å²) >= 11 is 1.86. The quantitative estimate of drug-likeness (QED) is 0.742. The molecule has 0 aliphatic carbocycles. The van der Waals surface area contributed by atoms with Crippen LogP contribution in [-0.2, 0) is 13.1 Å². The lowest BCUT2D eigenvalue weighted by molar-refractivity contribution is 0.309. The minimum Gasteiger partial charge on any atom is -0.327 e. The number of imidazole rings is 1. The van der Waals surface area contributed by atoms with Crippen LogP contribution in [0.2, 0.25) is 0 Å². The Morgan fingerprint density at radius 1 is 1.13 bits per heavy atom. The Balaban J connectivity index is 1.39. The van der Waals surface area contributed by atoms with Crippen LogP contribution >= 0.6 is 11.3 Å². The number of hydrogen-bond acceptors (Lipinski definition) is 4. The lowest BCUT2D eigenvalue weighted by Gasteiger charge is -2.16. The van der Waals surface area contributed by atoms with Crippen molar-refractivity contribution in [3.8, 4) is 11.3 Å². The van der Waals surface area contributed by atoms with Gasteiger partial charge in [-0.3, -0.25) is 9.88 Å². The molecule has 0 spiro atoms. The molecule has 4 nitrogen and oxygen atoms in total. The van der Waals surface area contributed by atoms with E-state index in [0.29, 0.717) is 11.8 Å². The van der Waals surface area contributed by atoms with Crippen molar-refractivity contribution in [2.75, 3.05) is 13.1 Å². The van der Waals surface area contributed by atoms with Crippen molar-refractivity contribution in [2.45, 2.75) is 19.0 Å². The predicted molar refractivity (Wildman–Crippen MR) is 91.3 cm³/mol. The molecule has 3 aromatic rings. The molecule has 2 aliphatic heterocycles. The van der Waals surface area contributed by atoms with Crippen LogP contribution in [-0.4, -0.2) is 32.5 Å². The summed E-state index contributed by atoms with van der Waals surface area (Å²) in [4.78, 5) is 12.9. The van der Waals surface area contributed by atoms with E-state index in [1.54, 1.807) is 0 Å². The molecule has 0 radical (unpaired) electrons. The number of thiophene rings is 1. The summed E-state index contributed by atoms with van der Waals surface area (Å²) in [6, 6.07) is 8.52. The van der Waals surface area contributed by atoms with Crippen molar-refractivity contribution in [3.63, 3.8) is 0 Å². The van der Waals surface area contributed by atoms with E-state index in [0.717, 1.165) is 19.6 Å². The maximum Gasteiger partial charge on any atom is 0.113 e. The zero-order valence-corrected chi connectivity index (χ0v) is 13.6. The van der Waals surface area contributed by atoms with Crippen LogP contribution in [0.15, 0.2) is 48.2 Å². The lowest BCUT2D eigenvalue weighted by atomic mass is 9.99. The summed E-state index contributed by atoms with van der Waals surface area (Å²) in [5.41, 5.74) is 2.45. The van der Waals surface area contributed by atoms with Gasteiger partial charge in [-0.1, -0.05) is 6.07 Å². The van der Waals surface area contributed by atoms with E-state index in [-0.39, 0.29) is 0 Å². The number of hydrogen-bond donors (Lipinski definition) is 0. The van der Waals surface area contributed by atoms with Gasteiger partial charge in [0, 0.05) is 60.8 Å². The monoisotopic (exact) mass is 322 g/mol. The van der Waals surface area contributed by atoms with E-state index >= 15 is 0 Å². The van der Waals surface area contributed by atoms with Gasteiger partial charge in [0.2, 0.25) is 0 Å². The maximum atomic E-state index is 4.77. The highest BCUT2D eigenvalue weighted by molar-refractivity contribution is 7.09. The van der Waals surface area contributed by atoms with Gasteiger partial charge in [-0.15, -0.1) is 11.3 Å². The summed E-state index contributed by atoms with van der Waals surface area (Å²) in [5.74, 6) is 2.57. The molecule has 23 heavy (non-hydrogen) atoms. The van der Waals surface area contributed by atoms with Crippen molar-refractivity contribution in [1.29, 1.82) is 0 Å². The van der Waals surface area contributed by atoms with Gasteiger partial charge in [0.05, 0.1) is 11.9 Å². The van der Waals surface area contributed by atoms with Crippen LogP contribution in [0.4, 0.5) is 0 Å². The van der Waals surface area contributed by atoms with Crippen LogP contribution in [0.25, 0.3) is 11.3 Å². The number of fused-ring (bicyclic) bond motifs is 3. The first-order chi connectivity index (χ1) is 11.4. The molecule has 1 saturated heterocycles. The Hall–Kier alpha value is -1.98. The fraction of sp³-hybridized carbons (Fsp3) is 0.333. The van der Waals surface area contributed by atoms with Gasteiger partial charge in [0.15, 0.2) is 0 Å². The molecule has 5 heterocycles. The third-order valence-corrected chi connectivity index (χ3v) is 5.95. The third kappa shape index (κ3) is 2.23. The molecule has 3 aromatic heterocycles. The topological polar surface area (TPSA) is 34.0 Å². The van der Waals surface area contributed by atoms with Crippen molar-refractivity contribution in [1.82, 2.24) is 19.4 Å². The Labute approximate surface area is 139 Å². The average Bonchev–Trinajstić information content (AvgIpc) is 3.31. The Morgan fingerprint density at radius 3 is 2.87 bits per heavy atom. The summed E-state index contributed by atoms with van der Waals surface area (Å²) < 4.78 is 2.42. The fourth-order valence-electron chi connectivity index (χ4n) is 4.06. The molecule has 1 fully saturated rings. The number of likely N-dealkylation sites (tertiary alicyclic amines) is 1. The number of pyridine rings is 1. The largest absolute Gasteiger partial charge is 0.327 e. The van der Waals surface area contributed by atoms with Crippen molar-refractivity contribution >= 4 is 11.3 Å². The second kappa shape index (κ2) is 5.28. The van der Waals surface area contributed by atoms with E-state index < -0.39 is 0 Å². The molecule has 0 aromatic carbocycles. The highest BCUT2D eigenvalue weighted by atomic mass is 32.1. The first kappa shape index (κ1) is 13.5. The summed E-state index contributed by atoms with van der Waals surface area (Å²) in [6.07, 6.45) is 5.74. The van der Waals surface area contributed by atoms with Gasteiger partial charge in [-0.2, -0.15) is 0 Å². The fourth-order valence-corrected chi connectivity index (χ4v) is 4.80. The second-order valence-electron chi connectivity index (χ2n) is 6.49. The summed E-state index contributed by atoms with van der Waals surface area (Å²) in [6.45, 7) is 4.50. The lowest BCUT2D eigenvalue weighted by Crippen LogP contribution is -2.21. The molecular weight excluding hydrogens is 304 g/mol. The first-order valence-corrected chi connectivity index (χ1v) is 8.97. The first-order valence-electron chi connectivity index (χ1n) is 8.09. The molecule has 116 valence electrons. The van der Waals surface area contributed by atoms with E-state index in [1.165, 1.54) is 28.5 Å². The summed E-state index contributed by atoms with van der Waals surface area (Å²) in [7, 11) is 0. The molecule has 0 N–H and O–H groups in total. The molecule has 5 heteroatoms. The predicted octanol–water partition coefficient (Wildman–Crippen LogP) is 3.24. The van der Waals surface area contributed by atoms with Crippen molar-refractivity contribution in [2.24, 2.45) is 5.92 Å². The highest BCUT2D eigenvalue weighted by Crippen LogP contribution is 2.41. The SMILES string of the molecule is c1csc(CN2C[C@@H]3Cn4c(-c5ccncc5)cnc4[C@H]3C2)c1.